The molecular formula is C14H14F3NO2. The highest BCUT2D eigenvalue weighted by molar-refractivity contribution is 5.54. The first-order chi connectivity index (χ1) is 9.41. The van der Waals surface area contributed by atoms with Crippen molar-refractivity contribution in [2.75, 3.05) is 6.61 Å². The van der Waals surface area contributed by atoms with Gasteiger partial charge in [-0.25, -0.2) is 4.98 Å². The third-order valence-electron chi connectivity index (χ3n) is 2.83. The molecule has 1 N–H and O–H groups in total. The van der Waals surface area contributed by atoms with Crippen molar-refractivity contribution in [3.63, 3.8) is 0 Å². The summed E-state index contributed by atoms with van der Waals surface area (Å²) in [5.41, 5.74) is 1.33. The van der Waals surface area contributed by atoms with Crippen LogP contribution >= 0.6 is 0 Å². The van der Waals surface area contributed by atoms with E-state index in [-0.39, 0.29) is 31.0 Å². The molecule has 0 bridgehead atoms. The monoisotopic (exact) mass is 285 g/mol. The molecule has 108 valence electrons. The predicted octanol–water partition coefficient (Wildman–Crippen LogP) is 3.59. The van der Waals surface area contributed by atoms with Crippen molar-refractivity contribution < 1.29 is 22.7 Å². The smallest absolute Gasteiger partial charge is 0.431 e. The Morgan fingerprint density at radius 2 is 1.85 bits per heavy atom. The van der Waals surface area contributed by atoms with E-state index in [0.717, 1.165) is 5.56 Å². The molecule has 0 aliphatic rings. The van der Waals surface area contributed by atoms with E-state index < -0.39 is 11.9 Å². The Labute approximate surface area is 114 Å². The van der Waals surface area contributed by atoms with E-state index in [0.29, 0.717) is 5.56 Å². The van der Waals surface area contributed by atoms with Crippen LogP contribution in [0.3, 0.4) is 0 Å². The number of halogens is 3. The van der Waals surface area contributed by atoms with Gasteiger partial charge in [0, 0.05) is 12.2 Å². The zero-order chi connectivity index (χ0) is 14.8. The topological polar surface area (TPSA) is 46.3 Å². The summed E-state index contributed by atoms with van der Waals surface area (Å²) in [4.78, 5) is 3.92. The Bertz CT molecular complexity index is 573. The van der Waals surface area contributed by atoms with Gasteiger partial charge in [-0.05, 0) is 31.9 Å². The molecule has 0 aliphatic carbocycles. The van der Waals surface area contributed by atoms with Gasteiger partial charge < -0.3 is 9.52 Å². The molecule has 6 heteroatoms. The van der Waals surface area contributed by atoms with E-state index in [1.165, 1.54) is 0 Å². The summed E-state index contributed by atoms with van der Waals surface area (Å²) in [5.74, 6) is -1.13. The van der Waals surface area contributed by atoms with Gasteiger partial charge in [0.15, 0.2) is 0 Å². The highest BCUT2D eigenvalue weighted by Crippen LogP contribution is 2.35. The lowest BCUT2D eigenvalue weighted by Crippen LogP contribution is -2.07. The standard InChI is InChI=1S/C14H14F3NO2/c1-9-4-6-10(7-5-9)13-18-11(3-2-8-19)12(20-13)14(15,16)17/h4-7,19H,2-3,8H2,1H3. The molecular weight excluding hydrogens is 271 g/mol. The Balaban J connectivity index is 2.40. The fraction of sp³-hybridized carbons (Fsp3) is 0.357. The van der Waals surface area contributed by atoms with Gasteiger partial charge in [-0.1, -0.05) is 17.7 Å². The van der Waals surface area contributed by atoms with Crippen molar-refractivity contribution in [2.45, 2.75) is 25.9 Å². The number of aliphatic hydroxyl groups excluding tert-OH is 1. The first-order valence-corrected chi connectivity index (χ1v) is 6.16. The van der Waals surface area contributed by atoms with Crippen LogP contribution in [0, 0.1) is 6.92 Å². The Kier molecular flexibility index (Phi) is 4.13. The van der Waals surface area contributed by atoms with Crippen LogP contribution in [0.15, 0.2) is 28.7 Å². The van der Waals surface area contributed by atoms with Crippen molar-refractivity contribution in [3.05, 3.63) is 41.3 Å². The number of benzene rings is 1. The van der Waals surface area contributed by atoms with Crippen LogP contribution in [-0.2, 0) is 12.6 Å². The maximum atomic E-state index is 12.9. The van der Waals surface area contributed by atoms with Crippen LogP contribution in [-0.4, -0.2) is 16.7 Å². The van der Waals surface area contributed by atoms with Crippen LogP contribution < -0.4 is 0 Å². The minimum atomic E-state index is -4.58. The molecule has 0 aliphatic heterocycles. The lowest BCUT2D eigenvalue weighted by atomic mass is 10.1. The first kappa shape index (κ1) is 14.6. The second-order valence-corrected chi connectivity index (χ2v) is 4.49. The molecule has 3 nitrogen and oxygen atoms in total. The van der Waals surface area contributed by atoms with E-state index in [4.69, 9.17) is 9.52 Å². The largest absolute Gasteiger partial charge is 0.451 e. The number of alkyl halides is 3. The van der Waals surface area contributed by atoms with Crippen molar-refractivity contribution in [3.8, 4) is 11.5 Å². The molecule has 0 saturated heterocycles. The highest BCUT2D eigenvalue weighted by atomic mass is 19.4. The quantitative estimate of drug-likeness (QED) is 0.933. The van der Waals surface area contributed by atoms with E-state index in [2.05, 4.69) is 4.98 Å². The molecule has 0 unspecified atom stereocenters. The van der Waals surface area contributed by atoms with Gasteiger partial charge >= 0.3 is 6.18 Å². The lowest BCUT2D eigenvalue weighted by Gasteiger charge is -2.03. The van der Waals surface area contributed by atoms with E-state index in [1.807, 2.05) is 6.92 Å². The minimum Gasteiger partial charge on any atom is -0.431 e. The number of hydrogen-bond donors (Lipinski definition) is 1. The number of aryl methyl sites for hydroxylation is 2. The van der Waals surface area contributed by atoms with Crippen molar-refractivity contribution in [1.82, 2.24) is 4.98 Å². The SMILES string of the molecule is Cc1ccc(-c2nc(CCCO)c(C(F)(F)F)o2)cc1. The maximum absolute atomic E-state index is 12.9. The highest BCUT2D eigenvalue weighted by Gasteiger charge is 2.39. The number of oxazole rings is 1. The first-order valence-electron chi connectivity index (χ1n) is 6.16. The van der Waals surface area contributed by atoms with Crippen molar-refractivity contribution in [2.24, 2.45) is 0 Å². The Morgan fingerprint density at radius 1 is 1.20 bits per heavy atom. The molecule has 0 radical (unpaired) electrons. The molecule has 0 fully saturated rings. The molecule has 20 heavy (non-hydrogen) atoms. The third kappa shape index (κ3) is 3.19. The van der Waals surface area contributed by atoms with Crippen molar-refractivity contribution >= 4 is 0 Å². The molecule has 0 spiro atoms. The van der Waals surface area contributed by atoms with E-state index in [1.54, 1.807) is 24.3 Å². The zero-order valence-corrected chi connectivity index (χ0v) is 10.9. The molecule has 1 aromatic carbocycles. The summed E-state index contributed by atoms with van der Waals surface area (Å²) >= 11 is 0. The summed E-state index contributed by atoms with van der Waals surface area (Å²) in [6, 6.07) is 6.88. The summed E-state index contributed by atoms with van der Waals surface area (Å²) in [6.45, 7) is 1.69. The number of nitrogens with zero attached hydrogens (tertiary/aromatic N) is 1. The lowest BCUT2D eigenvalue weighted by molar-refractivity contribution is -0.153. The van der Waals surface area contributed by atoms with Gasteiger partial charge in [-0.3, -0.25) is 0 Å². The van der Waals surface area contributed by atoms with Gasteiger partial charge in [0.1, 0.15) is 0 Å². The second kappa shape index (κ2) is 5.66. The third-order valence-corrected chi connectivity index (χ3v) is 2.83. The van der Waals surface area contributed by atoms with Crippen LogP contribution in [0.2, 0.25) is 0 Å². The zero-order valence-electron chi connectivity index (χ0n) is 10.9. The fourth-order valence-electron chi connectivity index (χ4n) is 1.81. The summed E-state index contributed by atoms with van der Waals surface area (Å²) in [6.07, 6.45) is -4.34. The van der Waals surface area contributed by atoms with Crippen LogP contribution in [0.1, 0.15) is 23.4 Å². The van der Waals surface area contributed by atoms with E-state index >= 15 is 0 Å². The van der Waals surface area contributed by atoms with Gasteiger partial charge in [0.05, 0.1) is 5.69 Å². The summed E-state index contributed by atoms with van der Waals surface area (Å²) < 4.78 is 43.5. The Hall–Kier alpha value is -1.82. The number of aliphatic hydroxyl groups is 1. The number of hydrogen-bond acceptors (Lipinski definition) is 3. The average molecular weight is 285 g/mol. The molecule has 0 saturated carbocycles. The average Bonchev–Trinajstić information content (AvgIpc) is 2.81. The fourth-order valence-corrected chi connectivity index (χ4v) is 1.81. The van der Waals surface area contributed by atoms with Gasteiger partial charge in [-0.2, -0.15) is 13.2 Å². The molecule has 2 rings (SSSR count). The number of aromatic nitrogens is 1. The van der Waals surface area contributed by atoms with Crippen LogP contribution in [0.25, 0.3) is 11.5 Å². The van der Waals surface area contributed by atoms with Gasteiger partial charge in [0.2, 0.25) is 11.7 Å². The predicted molar refractivity (Wildman–Crippen MR) is 67.1 cm³/mol. The summed E-state index contributed by atoms with van der Waals surface area (Å²) in [7, 11) is 0. The molecule has 0 amide bonds. The van der Waals surface area contributed by atoms with E-state index in [9.17, 15) is 13.2 Å². The number of rotatable bonds is 4. The van der Waals surface area contributed by atoms with Crippen LogP contribution in [0.5, 0.6) is 0 Å². The normalized spacial score (nSPS) is 11.8. The molecule has 0 atom stereocenters. The second-order valence-electron chi connectivity index (χ2n) is 4.49. The molecule has 1 aromatic heterocycles. The Morgan fingerprint density at radius 3 is 2.40 bits per heavy atom. The maximum Gasteiger partial charge on any atom is 0.451 e. The molecule has 2 aromatic rings. The summed E-state index contributed by atoms with van der Waals surface area (Å²) in [5, 5.41) is 8.74. The minimum absolute atomic E-state index is 0.0285. The van der Waals surface area contributed by atoms with Gasteiger partial charge in [0.25, 0.3) is 0 Å². The molecule has 1 heterocycles. The van der Waals surface area contributed by atoms with Crippen molar-refractivity contribution in [1.29, 1.82) is 0 Å². The van der Waals surface area contributed by atoms with Gasteiger partial charge in [-0.15, -0.1) is 0 Å². The van der Waals surface area contributed by atoms with Crippen LogP contribution in [0.4, 0.5) is 13.2 Å².